The molecule has 2 N–H and O–H groups in total. The van der Waals surface area contributed by atoms with E-state index in [-0.39, 0.29) is 11.9 Å². The molecule has 1 aromatic carbocycles. The molecule has 0 bridgehead atoms. The summed E-state index contributed by atoms with van der Waals surface area (Å²) in [6, 6.07) is 6.15. The minimum Gasteiger partial charge on any atom is -0.330 e. The number of likely N-dealkylation sites (tertiary alicyclic amines) is 1. The standard InChI is InChI=1S/C15H22BrFN2/c1-10(2)19-7-3-4-12(9-18)15(19)11-5-6-13(16)14(17)8-11/h5-6,8,10,12,15H,3-4,7,9,18H2,1-2H3. The first-order valence-electron chi connectivity index (χ1n) is 6.95. The first-order valence-corrected chi connectivity index (χ1v) is 7.74. The molecule has 1 aliphatic heterocycles. The lowest BCUT2D eigenvalue weighted by Crippen LogP contribution is -2.45. The average Bonchev–Trinajstić information content (AvgIpc) is 2.41. The molecular formula is C15H22BrFN2. The molecule has 1 aliphatic rings. The molecule has 0 amide bonds. The van der Waals surface area contributed by atoms with Crippen molar-refractivity contribution in [2.45, 2.75) is 38.8 Å². The maximum atomic E-state index is 13.8. The van der Waals surface area contributed by atoms with E-state index in [4.69, 9.17) is 5.73 Å². The molecule has 0 radical (unpaired) electrons. The van der Waals surface area contributed by atoms with E-state index in [1.54, 1.807) is 12.1 Å². The van der Waals surface area contributed by atoms with Gasteiger partial charge in [0.25, 0.3) is 0 Å². The van der Waals surface area contributed by atoms with Gasteiger partial charge in [0.05, 0.1) is 4.47 Å². The molecule has 0 aliphatic carbocycles. The molecule has 0 spiro atoms. The summed E-state index contributed by atoms with van der Waals surface area (Å²) in [6.07, 6.45) is 2.30. The van der Waals surface area contributed by atoms with E-state index in [0.717, 1.165) is 18.5 Å². The number of nitrogens with two attached hydrogens (primary N) is 1. The predicted molar refractivity (Wildman–Crippen MR) is 80.5 cm³/mol. The first kappa shape index (κ1) is 14.9. The van der Waals surface area contributed by atoms with Crippen LogP contribution < -0.4 is 5.73 Å². The highest BCUT2D eigenvalue weighted by atomic mass is 79.9. The van der Waals surface area contributed by atoms with Crippen LogP contribution in [0.25, 0.3) is 0 Å². The first-order chi connectivity index (χ1) is 9.04. The summed E-state index contributed by atoms with van der Waals surface area (Å²) in [6.45, 7) is 6.12. The largest absolute Gasteiger partial charge is 0.330 e. The molecule has 0 aromatic heterocycles. The van der Waals surface area contributed by atoms with Crippen molar-refractivity contribution in [2.24, 2.45) is 11.7 Å². The monoisotopic (exact) mass is 328 g/mol. The van der Waals surface area contributed by atoms with Crippen molar-refractivity contribution in [3.8, 4) is 0 Å². The van der Waals surface area contributed by atoms with Crippen molar-refractivity contribution in [2.75, 3.05) is 13.1 Å². The fourth-order valence-corrected chi connectivity index (χ4v) is 3.34. The molecule has 1 aromatic rings. The van der Waals surface area contributed by atoms with Gasteiger partial charge < -0.3 is 5.73 Å². The minimum absolute atomic E-state index is 0.192. The normalized spacial score (nSPS) is 24.9. The summed E-state index contributed by atoms with van der Waals surface area (Å²) in [4.78, 5) is 2.45. The van der Waals surface area contributed by atoms with Crippen LogP contribution in [0.2, 0.25) is 0 Å². The van der Waals surface area contributed by atoms with Gasteiger partial charge >= 0.3 is 0 Å². The summed E-state index contributed by atoms with van der Waals surface area (Å²) in [7, 11) is 0. The molecule has 4 heteroatoms. The van der Waals surface area contributed by atoms with Crippen molar-refractivity contribution in [1.82, 2.24) is 4.90 Å². The van der Waals surface area contributed by atoms with Gasteiger partial charge in [-0.2, -0.15) is 0 Å². The Balaban J connectivity index is 2.36. The number of hydrogen-bond donors (Lipinski definition) is 1. The predicted octanol–water partition coefficient (Wildman–Crippen LogP) is 3.71. The van der Waals surface area contributed by atoms with Crippen LogP contribution in [0.5, 0.6) is 0 Å². The fourth-order valence-electron chi connectivity index (χ4n) is 3.09. The van der Waals surface area contributed by atoms with Gasteiger partial charge in [-0.15, -0.1) is 0 Å². The zero-order valence-electron chi connectivity index (χ0n) is 11.6. The Morgan fingerprint density at radius 2 is 2.21 bits per heavy atom. The van der Waals surface area contributed by atoms with Crippen molar-refractivity contribution in [3.63, 3.8) is 0 Å². The third kappa shape index (κ3) is 3.18. The zero-order chi connectivity index (χ0) is 14.0. The van der Waals surface area contributed by atoms with E-state index >= 15 is 0 Å². The Morgan fingerprint density at radius 1 is 1.47 bits per heavy atom. The van der Waals surface area contributed by atoms with E-state index in [1.165, 1.54) is 6.42 Å². The summed E-state index contributed by atoms with van der Waals surface area (Å²) in [5, 5.41) is 0. The second kappa shape index (κ2) is 6.33. The van der Waals surface area contributed by atoms with Crippen LogP contribution in [0.3, 0.4) is 0 Å². The van der Waals surface area contributed by atoms with E-state index in [0.29, 0.717) is 23.0 Å². The van der Waals surface area contributed by atoms with Gasteiger partial charge in [0.15, 0.2) is 0 Å². The lowest BCUT2D eigenvalue weighted by Gasteiger charge is -2.43. The summed E-state index contributed by atoms with van der Waals surface area (Å²) < 4.78 is 14.3. The lowest BCUT2D eigenvalue weighted by atomic mass is 9.84. The molecule has 2 atom stereocenters. The summed E-state index contributed by atoms with van der Waals surface area (Å²) in [5.41, 5.74) is 6.98. The van der Waals surface area contributed by atoms with E-state index in [1.807, 2.05) is 6.07 Å². The van der Waals surface area contributed by atoms with Gasteiger partial charge in [-0.05, 0) is 79.3 Å². The molecule has 2 rings (SSSR count). The van der Waals surface area contributed by atoms with Crippen LogP contribution in [0.1, 0.15) is 38.3 Å². The Bertz CT molecular complexity index is 436. The minimum atomic E-state index is -0.192. The number of benzene rings is 1. The van der Waals surface area contributed by atoms with Gasteiger partial charge in [-0.3, -0.25) is 4.90 Å². The maximum Gasteiger partial charge on any atom is 0.137 e. The van der Waals surface area contributed by atoms with Gasteiger partial charge in [-0.1, -0.05) is 6.07 Å². The number of nitrogens with zero attached hydrogens (tertiary/aromatic N) is 1. The van der Waals surface area contributed by atoms with Crippen LogP contribution in [-0.4, -0.2) is 24.0 Å². The fraction of sp³-hybridized carbons (Fsp3) is 0.600. The number of piperidine rings is 1. The molecule has 106 valence electrons. The average molecular weight is 329 g/mol. The van der Waals surface area contributed by atoms with Crippen LogP contribution in [0, 0.1) is 11.7 Å². The smallest absolute Gasteiger partial charge is 0.137 e. The Kier molecular flexibility index (Phi) is 4.98. The van der Waals surface area contributed by atoms with E-state index in [2.05, 4.69) is 34.7 Å². The Hall–Kier alpha value is -0.450. The zero-order valence-corrected chi connectivity index (χ0v) is 13.2. The van der Waals surface area contributed by atoms with Crippen molar-refractivity contribution in [1.29, 1.82) is 0 Å². The molecule has 19 heavy (non-hydrogen) atoms. The third-order valence-corrected chi connectivity index (χ3v) is 4.69. The SMILES string of the molecule is CC(C)N1CCCC(CN)C1c1ccc(Br)c(F)c1. The van der Waals surface area contributed by atoms with Crippen molar-refractivity contribution < 1.29 is 4.39 Å². The third-order valence-electron chi connectivity index (χ3n) is 4.05. The van der Waals surface area contributed by atoms with Crippen molar-refractivity contribution in [3.05, 3.63) is 34.1 Å². The van der Waals surface area contributed by atoms with Gasteiger partial charge in [0.2, 0.25) is 0 Å². The molecule has 0 saturated carbocycles. The molecule has 2 nitrogen and oxygen atoms in total. The van der Waals surface area contributed by atoms with Crippen molar-refractivity contribution >= 4 is 15.9 Å². The highest BCUT2D eigenvalue weighted by Gasteiger charge is 2.33. The van der Waals surface area contributed by atoms with Gasteiger partial charge in [0.1, 0.15) is 5.82 Å². The quantitative estimate of drug-likeness (QED) is 0.916. The number of halogens is 2. The van der Waals surface area contributed by atoms with Gasteiger partial charge in [-0.25, -0.2) is 4.39 Å². The topological polar surface area (TPSA) is 29.3 Å². The summed E-state index contributed by atoms with van der Waals surface area (Å²) >= 11 is 3.22. The van der Waals surface area contributed by atoms with Crippen LogP contribution >= 0.6 is 15.9 Å². The summed E-state index contributed by atoms with van der Waals surface area (Å²) in [5.74, 6) is 0.222. The lowest BCUT2D eigenvalue weighted by molar-refractivity contribution is 0.0663. The van der Waals surface area contributed by atoms with E-state index in [9.17, 15) is 4.39 Å². The molecule has 2 unspecified atom stereocenters. The van der Waals surface area contributed by atoms with Gasteiger partial charge in [0, 0.05) is 12.1 Å². The van der Waals surface area contributed by atoms with Crippen LogP contribution in [0.4, 0.5) is 4.39 Å². The Labute approximate surface area is 123 Å². The van der Waals surface area contributed by atoms with E-state index < -0.39 is 0 Å². The maximum absolute atomic E-state index is 13.8. The number of hydrogen-bond acceptors (Lipinski definition) is 2. The molecule has 1 fully saturated rings. The number of rotatable bonds is 3. The highest BCUT2D eigenvalue weighted by Crippen LogP contribution is 2.37. The highest BCUT2D eigenvalue weighted by molar-refractivity contribution is 9.10. The second-order valence-electron chi connectivity index (χ2n) is 5.59. The van der Waals surface area contributed by atoms with Crippen LogP contribution in [-0.2, 0) is 0 Å². The molecular weight excluding hydrogens is 307 g/mol. The second-order valence-corrected chi connectivity index (χ2v) is 6.44. The molecule has 1 heterocycles. The Morgan fingerprint density at radius 3 is 2.79 bits per heavy atom. The van der Waals surface area contributed by atoms with Crippen LogP contribution in [0.15, 0.2) is 22.7 Å². The molecule has 1 saturated heterocycles.